The zero-order valence-electron chi connectivity index (χ0n) is 19.4. The molecule has 2 rings (SSSR count). The molecule has 1 aromatic rings. The standard InChI is InChI=1S/C23H37N3O6/c1-23(2,3)32-22(29)26-11-9-18(10-12-26)25-20(28)16-31-19-8-4-6-17(21(19)24)7-5-14-30-15-13-27/h4,6,8,18,27H,5,7,9-16,24H2,1-3H3,(H,25,28). The van der Waals surface area contributed by atoms with Gasteiger partial charge in [-0.3, -0.25) is 4.79 Å². The molecule has 2 amide bonds. The maximum absolute atomic E-state index is 12.3. The molecule has 32 heavy (non-hydrogen) atoms. The third-order valence-corrected chi connectivity index (χ3v) is 5.00. The summed E-state index contributed by atoms with van der Waals surface area (Å²) in [6.45, 7) is 7.36. The molecule has 0 bridgehead atoms. The SMILES string of the molecule is CC(C)(C)OC(=O)N1CCC(NC(=O)COc2cccc(CCCOCCO)c2N)CC1. The van der Waals surface area contributed by atoms with Crippen LogP contribution in [0.5, 0.6) is 5.75 Å². The van der Waals surface area contributed by atoms with Crippen molar-refractivity contribution < 1.29 is 28.9 Å². The number of hydrogen-bond acceptors (Lipinski definition) is 7. The summed E-state index contributed by atoms with van der Waals surface area (Å²) >= 11 is 0. The molecule has 1 fully saturated rings. The zero-order chi connectivity index (χ0) is 23.6. The minimum Gasteiger partial charge on any atom is -0.482 e. The van der Waals surface area contributed by atoms with Gasteiger partial charge in [0.2, 0.25) is 0 Å². The van der Waals surface area contributed by atoms with Crippen LogP contribution in [0.2, 0.25) is 0 Å². The van der Waals surface area contributed by atoms with Gasteiger partial charge >= 0.3 is 6.09 Å². The maximum Gasteiger partial charge on any atom is 0.410 e. The van der Waals surface area contributed by atoms with Crippen molar-refractivity contribution in [2.45, 2.75) is 58.1 Å². The summed E-state index contributed by atoms with van der Waals surface area (Å²) in [6.07, 6.45) is 2.51. The molecule has 9 heteroatoms. The van der Waals surface area contributed by atoms with Gasteiger partial charge in [0.05, 0.1) is 18.9 Å². The molecule has 0 spiro atoms. The zero-order valence-corrected chi connectivity index (χ0v) is 19.4. The Balaban J connectivity index is 1.73. The van der Waals surface area contributed by atoms with Crippen molar-refractivity contribution in [3.05, 3.63) is 23.8 Å². The number of aliphatic hydroxyl groups is 1. The molecule has 1 aliphatic rings. The van der Waals surface area contributed by atoms with Crippen molar-refractivity contribution in [1.29, 1.82) is 0 Å². The molecule has 1 heterocycles. The average Bonchev–Trinajstić information content (AvgIpc) is 2.73. The van der Waals surface area contributed by atoms with Crippen LogP contribution in [0.25, 0.3) is 0 Å². The molecule has 0 aromatic heterocycles. The monoisotopic (exact) mass is 451 g/mol. The second kappa shape index (κ2) is 12.5. The van der Waals surface area contributed by atoms with Gasteiger partial charge < -0.3 is 35.3 Å². The summed E-state index contributed by atoms with van der Waals surface area (Å²) in [5, 5.41) is 11.7. The van der Waals surface area contributed by atoms with E-state index in [2.05, 4.69) is 5.32 Å². The Bertz CT molecular complexity index is 742. The molecule has 1 aliphatic heterocycles. The first kappa shape index (κ1) is 25.7. The molecule has 0 aliphatic carbocycles. The van der Waals surface area contributed by atoms with E-state index in [1.165, 1.54) is 0 Å². The molecule has 9 nitrogen and oxygen atoms in total. The minimum absolute atomic E-state index is 0.00705. The third-order valence-electron chi connectivity index (χ3n) is 5.00. The summed E-state index contributed by atoms with van der Waals surface area (Å²) in [5.74, 6) is 0.261. The Kier molecular flexibility index (Phi) is 10.1. The Morgan fingerprint density at radius 2 is 1.94 bits per heavy atom. The molecule has 1 saturated heterocycles. The molecule has 0 atom stereocenters. The number of hydrogen-bond donors (Lipinski definition) is 3. The van der Waals surface area contributed by atoms with Gasteiger partial charge in [0.25, 0.3) is 5.91 Å². The van der Waals surface area contributed by atoms with Crippen LogP contribution in [-0.4, -0.2) is 73.2 Å². The van der Waals surface area contributed by atoms with Gasteiger partial charge in [-0.05, 0) is 58.1 Å². The van der Waals surface area contributed by atoms with Crippen LogP contribution in [0.4, 0.5) is 10.5 Å². The number of nitrogens with two attached hydrogens (primary N) is 1. The molecule has 0 saturated carbocycles. The number of aryl methyl sites for hydroxylation is 1. The Morgan fingerprint density at radius 3 is 2.59 bits per heavy atom. The van der Waals surface area contributed by atoms with Crippen molar-refractivity contribution in [2.24, 2.45) is 0 Å². The van der Waals surface area contributed by atoms with Gasteiger partial charge in [-0.25, -0.2) is 4.79 Å². The number of amides is 2. The fourth-order valence-corrected chi connectivity index (χ4v) is 3.41. The number of carbonyl (C=O) groups excluding carboxylic acids is 2. The number of carbonyl (C=O) groups is 2. The van der Waals surface area contributed by atoms with Crippen molar-refractivity contribution in [3.63, 3.8) is 0 Å². The Labute approximate surface area is 190 Å². The maximum atomic E-state index is 12.3. The Hall–Kier alpha value is -2.52. The first-order chi connectivity index (χ1) is 15.2. The van der Waals surface area contributed by atoms with Gasteiger partial charge in [0.15, 0.2) is 6.61 Å². The van der Waals surface area contributed by atoms with Crippen LogP contribution in [0.1, 0.15) is 45.6 Å². The average molecular weight is 452 g/mol. The lowest BCUT2D eigenvalue weighted by Gasteiger charge is -2.33. The van der Waals surface area contributed by atoms with Crippen LogP contribution in [0, 0.1) is 0 Å². The number of ether oxygens (including phenoxy) is 3. The number of nitrogens with one attached hydrogen (secondary N) is 1. The first-order valence-corrected chi connectivity index (χ1v) is 11.2. The van der Waals surface area contributed by atoms with E-state index in [0.717, 1.165) is 18.4 Å². The van der Waals surface area contributed by atoms with Gasteiger partial charge in [-0.1, -0.05) is 12.1 Å². The topological polar surface area (TPSA) is 123 Å². The number of anilines is 1. The summed E-state index contributed by atoms with van der Waals surface area (Å²) in [5.41, 5.74) is 7.13. The number of piperidine rings is 1. The highest BCUT2D eigenvalue weighted by Crippen LogP contribution is 2.26. The largest absolute Gasteiger partial charge is 0.482 e. The van der Waals surface area contributed by atoms with E-state index in [9.17, 15) is 9.59 Å². The number of rotatable bonds is 10. The van der Waals surface area contributed by atoms with Crippen LogP contribution in [-0.2, 0) is 20.7 Å². The fraction of sp³-hybridized carbons (Fsp3) is 0.652. The lowest BCUT2D eigenvalue weighted by Crippen LogP contribution is -2.48. The highest BCUT2D eigenvalue weighted by atomic mass is 16.6. The number of likely N-dealkylation sites (tertiary alicyclic amines) is 1. The second-order valence-electron chi connectivity index (χ2n) is 8.87. The van der Waals surface area contributed by atoms with Gasteiger partial charge in [0.1, 0.15) is 11.4 Å². The Morgan fingerprint density at radius 1 is 1.22 bits per heavy atom. The molecule has 4 N–H and O–H groups in total. The number of nitrogen functional groups attached to an aromatic ring is 1. The highest BCUT2D eigenvalue weighted by molar-refractivity contribution is 5.78. The predicted molar refractivity (Wildman–Crippen MR) is 122 cm³/mol. The lowest BCUT2D eigenvalue weighted by atomic mass is 10.1. The summed E-state index contributed by atoms with van der Waals surface area (Å²) in [7, 11) is 0. The van der Waals surface area contributed by atoms with Gasteiger partial charge in [-0.2, -0.15) is 0 Å². The van der Waals surface area contributed by atoms with E-state index >= 15 is 0 Å². The molecular weight excluding hydrogens is 414 g/mol. The van der Waals surface area contributed by atoms with Crippen LogP contribution >= 0.6 is 0 Å². The molecule has 1 aromatic carbocycles. The van der Waals surface area contributed by atoms with E-state index < -0.39 is 5.60 Å². The minimum atomic E-state index is -0.522. The lowest BCUT2D eigenvalue weighted by molar-refractivity contribution is -0.124. The fourth-order valence-electron chi connectivity index (χ4n) is 3.41. The second-order valence-corrected chi connectivity index (χ2v) is 8.87. The number of aliphatic hydroxyl groups excluding tert-OH is 1. The quantitative estimate of drug-likeness (QED) is 0.368. The number of para-hydroxylation sites is 1. The van der Waals surface area contributed by atoms with E-state index in [4.69, 9.17) is 25.1 Å². The van der Waals surface area contributed by atoms with Crippen molar-refractivity contribution in [1.82, 2.24) is 10.2 Å². The molecule has 0 radical (unpaired) electrons. The van der Waals surface area contributed by atoms with Crippen LogP contribution < -0.4 is 15.8 Å². The molecule has 0 unspecified atom stereocenters. The van der Waals surface area contributed by atoms with E-state index in [0.29, 0.717) is 50.6 Å². The van der Waals surface area contributed by atoms with E-state index in [-0.39, 0.29) is 31.3 Å². The third kappa shape index (κ3) is 8.92. The molecular formula is C23H37N3O6. The van der Waals surface area contributed by atoms with E-state index in [1.54, 1.807) is 11.0 Å². The van der Waals surface area contributed by atoms with Gasteiger partial charge in [0, 0.05) is 25.7 Å². The summed E-state index contributed by atoms with van der Waals surface area (Å²) < 4.78 is 16.3. The smallest absolute Gasteiger partial charge is 0.410 e. The predicted octanol–water partition coefficient (Wildman–Crippen LogP) is 2.10. The van der Waals surface area contributed by atoms with E-state index in [1.807, 2.05) is 32.9 Å². The number of benzene rings is 1. The van der Waals surface area contributed by atoms with Gasteiger partial charge in [-0.15, -0.1) is 0 Å². The highest BCUT2D eigenvalue weighted by Gasteiger charge is 2.27. The summed E-state index contributed by atoms with van der Waals surface area (Å²) in [6, 6.07) is 5.51. The van der Waals surface area contributed by atoms with Crippen molar-refractivity contribution >= 4 is 17.7 Å². The normalized spacial score (nSPS) is 14.8. The van der Waals surface area contributed by atoms with Crippen LogP contribution in [0.15, 0.2) is 18.2 Å². The van der Waals surface area contributed by atoms with Crippen LogP contribution in [0.3, 0.4) is 0 Å². The van der Waals surface area contributed by atoms with Crippen molar-refractivity contribution in [2.75, 3.05) is 45.3 Å². The van der Waals surface area contributed by atoms with Crippen molar-refractivity contribution in [3.8, 4) is 5.75 Å². The number of nitrogens with zero attached hydrogens (tertiary/aromatic N) is 1. The summed E-state index contributed by atoms with van der Waals surface area (Å²) in [4.78, 5) is 26.2. The first-order valence-electron chi connectivity index (χ1n) is 11.2. The molecule has 180 valence electrons.